The molecule has 46 heavy (non-hydrogen) atoms. The lowest BCUT2D eigenvalue weighted by Crippen LogP contribution is -2.14. The van der Waals surface area contributed by atoms with E-state index in [0.29, 0.717) is 0 Å². The first-order valence-corrected chi connectivity index (χ1v) is 15.9. The van der Waals surface area contributed by atoms with Crippen LogP contribution in [0.5, 0.6) is 0 Å². The van der Waals surface area contributed by atoms with Gasteiger partial charge in [-0.25, -0.2) is 0 Å². The maximum absolute atomic E-state index is 6.35. The van der Waals surface area contributed by atoms with Crippen LogP contribution in [0, 0.1) is 0 Å². The monoisotopic (exact) mass is 587 g/mol. The van der Waals surface area contributed by atoms with Crippen LogP contribution in [0.1, 0.15) is 25.0 Å². The van der Waals surface area contributed by atoms with Crippen LogP contribution in [0.4, 0.5) is 0 Å². The van der Waals surface area contributed by atoms with Crippen molar-refractivity contribution in [2.45, 2.75) is 19.3 Å². The van der Waals surface area contributed by atoms with Crippen LogP contribution in [0.15, 0.2) is 144 Å². The van der Waals surface area contributed by atoms with Gasteiger partial charge < -0.3 is 4.42 Å². The molecule has 1 aliphatic carbocycles. The van der Waals surface area contributed by atoms with E-state index >= 15 is 0 Å². The van der Waals surface area contributed by atoms with Gasteiger partial charge in [0.1, 0.15) is 11.2 Å². The van der Waals surface area contributed by atoms with Crippen molar-refractivity contribution in [2.75, 3.05) is 0 Å². The molecule has 2 heterocycles. The van der Waals surface area contributed by atoms with Crippen LogP contribution in [-0.2, 0) is 5.41 Å². The van der Waals surface area contributed by atoms with Crippen LogP contribution >= 0.6 is 0 Å². The molecular formula is C44H29NO. The molecule has 0 spiro atoms. The SMILES string of the molecule is CC1(C)c2ccccc2-c2ccc(-c3c4ccccc4c(-c4ccc5oc6cc7cnccc7cc6c5c4)c4ccccc34)cc21. The molecule has 0 saturated carbocycles. The van der Waals surface area contributed by atoms with Gasteiger partial charge in [-0.1, -0.05) is 105 Å². The molecule has 9 aromatic rings. The minimum absolute atomic E-state index is 0.0574. The van der Waals surface area contributed by atoms with Gasteiger partial charge in [-0.15, -0.1) is 0 Å². The Hall–Kier alpha value is -5.73. The number of furan rings is 1. The number of nitrogens with zero attached hydrogens (tertiary/aromatic N) is 1. The van der Waals surface area contributed by atoms with E-state index in [1.54, 1.807) is 0 Å². The van der Waals surface area contributed by atoms with E-state index in [4.69, 9.17) is 4.42 Å². The summed E-state index contributed by atoms with van der Waals surface area (Å²) in [6, 6.07) is 46.9. The third-order valence-electron chi connectivity index (χ3n) is 10.3. The predicted octanol–water partition coefficient (Wildman–Crippen LogP) is 12.1. The topological polar surface area (TPSA) is 26.0 Å². The number of aromatic nitrogens is 1. The van der Waals surface area contributed by atoms with Crippen LogP contribution in [-0.4, -0.2) is 4.98 Å². The molecule has 0 bridgehead atoms. The maximum atomic E-state index is 6.35. The lowest BCUT2D eigenvalue weighted by atomic mass is 9.80. The fraction of sp³-hybridized carbons (Fsp3) is 0.0682. The highest BCUT2D eigenvalue weighted by Gasteiger charge is 2.35. The van der Waals surface area contributed by atoms with Crippen LogP contribution in [0.3, 0.4) is 0 Å². The molecule has 1 aliphatic rings. The summed E-state index contributed by atoms with van der Waals surface area (Å²) in [4.78, 5) is 4.31. The molecule has 2 aromatic heterocycles. The normalized spacial score (nSPS) is 13.6. The molecule has 0 saturated heterocycles. The van der Waals surface area contributed by atoms with Crippen LogP contribution in [0.2, 0.25) is 0 Å². The van der Waals surface area contributed by atoms with Crippen molar-refractivity contribution in [3.8, 4) is 33.4 Å². The van der Waals surface area contributed by atoms with E-state index in [9.17, 15) is 0 Å². The summed E-state index contributed by atoms with van der Waals surface area (Å²) in [6.45, 7) is 4.71. The molecule has 0 atom stereocenters. The third-order valence-corrected chi connectivity index (χ3v) is 10.3. The molecule has 0 amide bonds. The van der Waals surface area contributed by atoms with E-state index in [-0.39, 0.29) is 5.41 Å². The van der Waals surface area contributed by atoms with Crippen molar-refractivity contribution < 1.29 is 4.42 Å². The van der Waals surface area contributed by atoms with Gasteiger partial charge in [-0.2, -0.15) is 0 Å². The van der Waals surface area contributed by atoms with Gasteiger partial charge >= 0.3 is 0 Å². The molecule has 0 aliphatic heterocycles. The first kappa shape index (κ1) is 25.6. The molecule has 2 heteroatoms. The average Bonchev–Trinajstić information content (AvgIpc) is 3.56. The number of hydrogen-bond donors (Lipinski definition) is 0. The standard InChI is InChI=1S/C44H29NO/c1-44(2)38-14-8-7-9-30(38)31-17-15-28(23-39(31)44)43-34-12-5-3-10-32(34)42(33-11-4-6-13-35(33)43)27-16-18-40-36(22-27)37-21-26-19-20-45-25-29(26)24-41(37)46-40/h3-25H,1-2H3. The Morgan fingerprint density at radius 3 is 1.83 bits per heavy atom. The summed E-state index contributed by atoms with van der Waals surface area (Å²) in [7, 11) is 0. The Bertz CT molecular complexity index is 2670. The second-order valence-electron chi connectivity index (χ2n) is 13.2. The van der Waals surface area contributed by atoms with Crippen molar-refractivity contribution in [1.82, 2.24) is 4.98 Å². The predicted molar refractivity (Wildman–Crippen MR) is 192 cm³/mol. The Labute approximate surface area is 266 Å². The highest BCUT2D eigenvalue weighted by atomic mass is 16.3. The zero-order chi connectivity index (χ0) is 30.6. The highest BCUT2D eigenvalue weighted by Crippen LogP contribution is 2.51. The van der Waals surface area contributed by atoms with Crippen molar-refractivity contribution in [1.29, 1.82) is 0 Å². The van der Waals surface area contributed by atoms with E-state index in [1.807, 2.05) is 12.4 Å². The van der Waals surface area contributed by atoms with Crippen LogP contribution < -0.4 is 0 Å². The van der Waals surface area contributed by atoms with Gasteiger partial charge in [0.25, 0.3) is 0 Å². The Balaban J connectivity index is 1.24. The maximum Gasteiger partial charge on any atom is 0.136 e. The quantitative estimate of drug-likeness (QED) is 0.188. The fourth-order valence-electron chi connectivity index (χ4n) is 8.12. The lowest BCUT2D eigenvalue weighted by molar-refractivity contribution is 0.660. The van der Waals surface area contributed by atoms with E-state index in [1.165, 1.54) is 66.1 Å². The van der Waals surface area contributed by atoms with Gasteiger partial charge in [0.15, 0.2) is 0 Å². The van der Waals surface area contributed by atoms with Crippen molar-refractivity contribution >= 4 is 54.3 Å². The average molecular weight is 588 g/mol. The van der Waals surface area contributed by atoms with E-state index in [2.05, 4.69) is 146 Å². The van der Waals surface area contributed by atoms with Gasteiger partial charge in [0.05, 0.1) is 0 Å². The number of benzene rings is 7. The molecule has 7 aromatic carbocycles. The molecule has 216 valence electrons. The number of hydrogen-bond acceptors (Lipinski definition) is 2. The Morgan fingerprint density at radius 2 is 1.09 bits per heavy atom. The second kappa shape index (κ2) is 9.15. The minimum atomic E-state index is -0.0574. The Kier molecular flexibility index (Phi) is 5.09. The van der Waals surface area contributed by atoms with Crippen molar-refractivity contribution in [3.63, 3.8) is 0 Å². The van der Waals surface area contributed by atoms with Gasteiger partial charge in [-0.3, -0.25) is 4.98 Å². The van der Waals surface area contributed by atoms with E-state index < -0.39 is 0 Å². The van der Waals surface area contributed by atoms with E-state index in [0.717, 1.165) is 32.7 Å². The van der Waals surface area contributed by atoms with Gasteiger partial charge in [0.2, 0.25) is 0 Å². The molecule has 0 radical (unpaired) electrons. The highest BCUT2D eigenvalue weighted by molar-refractivity contribution is 6.22. The first-order valence-electron chi connectivity index (χ1n) is 15.9. The molecule has 0 fully saturated rings. The zero-order valence-electron chi connectivity index (χ0n) is 25.6. The minimum Gasteiger partial charge on any atom is -0.456 e. The van der Waals surface area contributed by atoms with Gasteiger partial charge in [0, 0.05) is 34.0 Å². The summed E-state index contributed by atoms with van der Waals surface area (Å²) < 4.78 is 6.35. The number of rotatable bonds is 2. The molecule has 0 N–H and O–H groups in total. The molecule has 0 unspecified atom stereocenters. The molecular weight excluding hydrogens is 558 g/mol. The summed E-state index contributed by atoms with van der Waals surface area (Å²) in [6.07, 6.45) is 3.75. The second-order valence-corrected chi connectivity index (χ2v) is 13.2. The lowest BCUT2D eigenvalue weighted by Gasteiger charge is -2.23. The zero-order valence-corrected chi connectivity index (χ0v) is 25.6. The number of pyridine rings is 1. The largest absolute Gasteiger partial charge is 0.456 e. The molecule has 2 nitrogen and oxygen atoms in total. The summed E-state index contributed by atoms with van der Waals surface area (Å²) in [5.41, 5.74) is 12.2. The number of fused-ring (bicyclic) bond motifs is 9. The van der Waals surface area contributed by atoms with Crippen LogP contribution in [0.25, 0.3) is 87.6 Å². The van der Waals surface area contributed by atoms with Crippen molar-refractivity contribution in [3.05, 3.63) is 151 Å². The first-order chi connectivity index (χ1) is 22.6. The van der Waals surface area contributed by atoms with Gasteiger partial charge in [-0.05, 0) is 108 Å². The molecule has 10 rings (SSSR count). The summed E-state index contributed by atoms with van der Waals surface area (Å²) >= 11 is 0. The third kappa shape index (κ3) is 3.44. The fourth-order valence-corrected chi connectivity index (χ4v) is 8.12. The Morgan fingerprint density at radius 1 is 0.478 bits per heavy atom. The summed E-state index contributed by atoms with van der Waals surface area (Å²) in [5.74, 6) is 0. The smallest absolute Gasteiger partial charge is 0.136 e. The van der Waals surface area contributed by atoms with Crippen molar-refractivity contribution in [2.24, 2.45) is 0 Å². The summed E-state index contributed by atoms with van der Waals surface area (Å²) in [5, 5.41) is 9.54.